The van der Waals surface area contributed by atoms with Crippen LogP contribution in [0.1, 0.15) is 33.6 Å². The molecule has 3 heteroatoms. The molecule has 0 aromatic carbocycles. The van der Waals surface area contributed by atoms with Crippen molar-refractivity contribution in [3.05, 3.63) is 11.0 Å². The fraction of sp³-hybridized carbons (Fsp3) is 0.700. The Kier molecular flexibility index (Phi) is 7.90. The van der Waals surface area contributed by atoms with E-state index >= 15 is 0 Å². The van der Waals surface area contributed by atoms with Gasteiger partial charge in [-0.2, -0.15) is 0 Å². The zero-order chi connectivity index (χ0) is 10.1. The molecule has 0 fully saturated rings. The van der Waals surface area contributed by atoms with E-state index < -0.39 is 0 Å². The van der Waals surface area contributed by atoms with Gasteiger partial charge in [-0.1, -0.05) is 13.8 Å². The number of carbonyl (C=O) groups is 1. The van der Waals surface area contributed by atoms with Crippen molar-refractivity contribution in [1.82, 2.24) is 5.32 Å². The van der Waals surface area contributed by atoms with E-state index in [4.69, 9.17) is 0 Å². The Labute approximate surface area is 85.2 Å². The number of likely N-dealkylation sites (N-methyl/N-ethyl adjacent to an activating group) is 1. The summed E-state index contributed by atoms with van der Waals surface area (Å²) in [5, 5.41) is 4.78. The molecule has 0 aromatic rings. The molecule has 0 radical (unpaired) electrons. The lowest BCUT2D eigenvalue weighted by Gasteiger charge is -2.04. The van der Waals surface area contributed by atoms with Gasteiger partial charge in [-0.15, -0.1) is 11.8 Å². The molecule has 0 aliphatic rings. The van der Waals surface area contributed by atoms with Crippen molar-refractivity contribution in [2.24, 2.45) is 0 Å². The quantitative estimate of drug-likeness (QED) is 0.528. The molecule has 0 aliphatic carbocycles. The Balaban J connectivity index is 3.99. The van der Waals surface area contributed by atoms with Crippen molar-refractivity contribution in [3.8, 4) is 0 Å². The van der Waals surface area contributed by atoms with Gasteiger partial charge in [0.2, 0.25) is 5.91 Å². The third kappa shape index (κ3) is 5.75. The van der Waals surface area contributed by atoms with Crippen LogP contribution in [0.15, 0.2) is 11.0 Å². The fourth-order valence-corrected chi connectivity index (χ4v) is 1.68. The van der Waals surface area contributed by atoms with Gasteiger partial charge >= 0.3 is 0 Å². The first-order chi connectivity index (χ1) is 6.26. The highest BCUT2D eigenvalue weighted by atomic mass is 32.2. The number of nitrogens with one attached hydrogen (secondary N) is 1. The van der Waals surface area contributed by atoms with Crippen LogP contribution < -0.4 is 5.32 Å². The van der Waals surface area contributed by atoms with Crippen molar-refractivity contribution < 1.29 is 4.79 Å². The first kappa shape index (κ1) is 12.6. The maximum atomic E-state index is 11.4. The summed E-state index contributed by atoms with van der Waals surface area (Å²) < 4.78 is 0. The number of hydrogen-bond acceptors (Lipinski definition) is 2. The van der Waals surface area contributed by atoms with Gasteiger partial charge in [0, 0.05) is 12.1 Å². The van der Waals surface area contributed by atoms with Crippen LogP contribution in [0.25, 0.3) is 0 Å². The predicted octanol–water partition coefficient (Wildman–Crippen LogP) is 2.56. The van der Waals surface area contributed by atoms with Gasteiger partial charge in [-0.05, 0) is 30.9 Å². The van der Waals surface area contributed by atoms with Crippen LogP contribution in [0, 0.1) is 0 Å². The molecule has 13 heavy (non-hydrogen) atoms. The van der Waals surface area contributed by atoms with Crippen LogP contribution in [0.2, 0.25) is 0 Å². The Morgan fingerprint density at radius 3 is 2.54 bits per heavy atom. The monoisotopic (exact) mass is 201 g/mol. The van der Waals surface area contributed by atoms with Gasteiger partial charge in [-0.3, -0.25) is 4.79 Å². The van der Waals surface area contributed by atoms with Crippen LogP contribution in [-0.2, 0) is 4.79 Å². The minimum absolute atomic E-state index is 0.0774. The summed E-state index contributed by atoms with van der Waals surface area (Å²) in [5.41, 5.74) is 0.889. The van der Waals surface area contributed by atoms with Gasteiger partial charge in [0.05, 0.1) is 0 Å². The second kappa shape index (κ2) is 8.17. The van der Waals surface area contributed by atoms with E-state index in [9.17, 15) is 4.79 Å². The largest absolute Gasteiger partial charge is 0.353 e. The van der Waals surface area contributed by atoms with Crippen LogP contribution in [-0.4, -0.2) is 18.2 Å². The molecule has 76 valence electrons. The molecule has 1 amide bonds. The smallest absolute Gasteiger partial charge is 0.247 e. The van der Waals surface area contributed by atoms with E-state index in [1.807, 2.05) is 19.3 Å². The first-order valence-corrected chi connectivity index (χ1v) is 5.89. The molecule has 2 nitrogen and oxygen atoms in total. The summed E-state index contributed by atoms with van der Waals surface area (Å²) in [6.45, 7) is 6.78. The zero-order valence-corrected chi connectivity index (χ0v) is 9.54. The SMILES string of the molecule is CCCSC=C(CC)C(=O)NCC. The van der Waals surface area contributed by atoms with Gasteiger partial charge in [0.1, 0.15) is 0 Å². The van der Waals surface area contributed by atoms with Crippen molar-refractivity contribution in [1.29, 1.82) is 0 Å². The molecular formula is C10H19NOS. The summed E-state index contributed by atoms with van der Waals surface area (Å²) in [5.74, 6) is 1.16. The summed E-state index contributed by atoms with van der Waals surface area (Å²) in [6.07, 6.45) is 1.95. The molecule has 0 aliphatic heterocycles. The highest BCUT2D eigenvalue weighted by molar-refractivity contribution is 8.02. The predicted molar refractivity (Wildman–Crippen MR) is 59.8 cm³/mol. The third-order valence-electron chi connectivity index (χ3n) is 1.56. The molecule has 0 unspecified atom stereocenters. The fourth-order valence-electron chi connectivity index (χ4n) is 0.849. The minimum Gasteiger partial charge on any atom is -0.353 e. The van der Waals surface area contributed by atoms with Crippen LogP contribution in [0.3, 0.4) is 0 Å². The number of thioether (sulfide) groups is 1. The average molecular weight is 201 g/mol. The van der Waals surface area contributed by atoms with E-state index in [2.05, 4.69) is 12.2 Å². The van der Waals surface area contributed by atoms with Crippen molar-refractivity contribution >= 4 is 17.7 Å². The zero-order valence-electron chi connectivity index (χ0n) is 8.72. The van der Waals surface area contributed by atoms with Crippen LogP contribution in [0.4, 0.5) is 0 Å². The van der Waals surface area contributed by atoms with Gasteiger partial charge in [-0.25, -0.2) is 0 Å². The second-order valence-corrected chi connectivity index (χ2v) is 3.70. The molecule has 0 saturated carbocycles. The Hall–Kier alpha value is -0.440. The molecular weight excluding hydrogens is 182 g/mol. The van der Waals surface area contributed by atoms with Crippen molar-refractivity contribution in [2.75, 3.05) is 12.3 Å². The number of carbonyl (C=O) groups excluding carboxylic acids is 1. The molecule has 0 aromatic heterocycles. The van der Waals surface area contributed by atoms with Crippen LogP contribution >= 0.6 is 11.8 Å². The van der Waals surface area contributed by atoms with Gasteiger partial charge in [0.15, 0.2) is 0 Å². The summed E-state index contributed by atoms with van der Waals surface area (Å²) >= 11 is 1.72. The highest BCUT2D eigenvalue weighted by Gasteiger charge is 2.04. The second-order valence-electron chi connectivity index (χ2n) is 2.73. The summed E-state index contributed by atoms with van der Waals surface area (Å²) in [4.78, 5) is 11.4. The van der Waals surface area contributed by atoms with E-state index in [0.29, 0.717) is 6.54 Å². The molecule has 0 atom stereocenters. The lowest BCUT2D eigenvalue weighted by atomic mass is 10.2. The maximum absolute atomic E-state index is 11.4. The van der Waals surface area contributed by atoms with Crippen molar-refractivity contribution in [3.63, 3.8) is 0 Å². The van der Waals surface area contributed by atoms with E-state index in [1.165, 1.54) is 0 Å². The molecule has 0 rings (SSSR count). The standard InChI is InChI=1S/C10H19NOS/c1-4-7-13-8-9(5-2)10(12)11-6-3/h8H,4-7H2,1-3H3,(H,11,12). The lowest BCUT2D eigenvalue weighted by molar-refractivity contribution is -0.117. The summed E-state index contributed by atoms with van der Waals surface area (Å²) in [7, 11) is 0. The third-order valence-corrected chi connectivity index (χ3v) is 2.65. The van der Waals surface area contributed by atoms with E-state index in [0.717, 1.165) is 24.2 Å². The van der Waals surface area contributed by atoms with Gasteiger partial charge in [0.25, 0.3) is 0 Å². The molecule has 0 heterocycles. The summed E-state index contributed by atoms with van der Waals surface area (Å²) in [6, 6.07) is 0. The lowest BCUT2D eigenvalue weighted by Crippen LogP contribution is -2.24. The average Bonchev–Trinajstić information content (AvgIpc) is 2.13. The van der Waals surface area contributed by atoms with Crippen LogP contribution in [0.5, 0.6) is 0 Å². The van der Waals surface area contributed by atoms with Gasteiger partial charge < -0.3 is 5.32 Å². The Morgan fingerprint density at radius 2 is 2.08 bits per heavy atom. The number of rotatable bonds is 6. The Bertz CT molecular complexity index is 178. The number of hydrogen-bond donors (Lipinski definition) is 1. The maximum Gasteiger partial charge on any atom is 0.247 e. The molecule has 0 saturated heterocycles. The molecule has 0 bridgehead atoms. The molecule has 0 spiro atoms. The van der Waals surface area contributed by atoms with E-state index in [1.54, 1.807) is 11.8 Å². The molecule has 1 N–H and O–H groups in total. The minimum atomic E-state index is 0.0774. The topological polar surface area (TPSA) is 29.1 Å². The normalized spacial score (nSPS) is 11.5. The highest BCUT2D eigenvalue weighted by Crippen LogP contribution is 2.11. The van der Waals surface area contributed by atoms with E-state index in [-0.39, 0.29) is 5.91 Å². The van der Waals surface area contributed by atoms with Crippen molar-refractivity contribution in [2.45, 2.75) is 33.6 Å². The number of amides is 1. The Morgan fingerprint density at radius 1 is 1.38 bits per heavy atom. The first-order valence-electron chi connectivity index (χ1n) is 4.85.